The lowest BCUT2D eigenvalue weighted by Crippen LogP contribution is -2.41. The van der Waals surface area contributed by atoms with E-state index in [0.29, 0.717) is 5.56 Å². The Morgan fingerprint density at radius 1 is 1.19 bits per heavy atom. The van der Waals surface area contributed by atoms with E-state index in [-0.39, 0.29) is 22.1 Å². The molecule has 26 heavy (non-hydrogen) atoms. The minimum absolute atomic E-state index is 0.0493. The van der Waals surface area contributed by atoms with Crippen molar-refractivity contribution < 1.29 is 27.2 Å². The van der Waals surface area contributed by atoms with Crippen LogP contribution >= 0.6 is 11.6 Å². The fraction of sp³-hybridized carbons (Fsp3) is 0.125. The SMILES string of the molecule is O=C(Nc1ccc(Cl)cc1F)c1ccc(C2=NOC(C(F)(F)F)N2)cc1. The molecule has 0 aromatic heterocycles. The Balaban J connectivity index is 1.69. The quantitative estimate of drug-likeness (QED) is 0.785. The van der Waals surface area contributed by atoms with Gasteiger partial charge in [-0.3, -0.25) is 4.79 Å². The summed E-state index contributed by atoms with van der Waals surface area (Å²) in [5.74, 6) is -1.39. The summed E-state index contributed by atoms with van der Waals surface area (Å²) >= 11 is 5.64. The molecule has 10 heteroatoms. The first-order chi connectivity index (χ1) is 12.2. The molecule has 2 aromatic rings. The average molecular weight is 388 g/mol. The zero-order valence-electron chi connectivity index (χ0n) is 12.8. The van der Waals surface area contributed by atoms with Gasteiger partial charge in [-0.2, -0.15) is 13.2 Å². The first-order valence-electron chi connectivity index (χ1n) is 7.18. The summed E-state index contributed by atoms with van der Waals surface area (Å²) < 4.78 is 51.3. The number of halogens is 5. The highest BCUT2D eigenvalue weighted by molar-refractivity contribution is 6.30. The molecular weight excluding hydrogens is 378 g/mol. The number of alkyl halides is 3. The standard InChI is InChI=1S/C16H10ClF4N3O2/c17-10-5-6-12(11(18)7-10)22-14(25)9-3-1-8(2-4-9)13-23-15(26-24-13)16(19,20)21/h1-7,15H,(H,22,25)(H,23,24). The molecular formula is C16H10ClF4N3O2. The number of nitrogens with zero attached hydrogens (tertiary/aromatic N) is 1. The monoisotopic (exact) mass is 387 g/mol. The van der Waals surface area contributed by atoms with Crippen molar-refractivity contribution in [3.05, 3.63) is 64.4 Å². The molecule has 1 amide bonds. The summed E-state index contributed by atoms with van der Waals surface area (Å²) in [4.78, 5) is 16.4. The molecule has 5 nitrogen and oxygen atoms in total. The van der Waals surface area contributed by atoms with Crippen molar-refractivity contribution >= 4 is 29.0 Å². The second-order valence-electron chi connectivity index (χ2n) is 5.27. The molecule has 0 radical (unpaired) electrons. The molecule has 1 atom stereocenters. The maximum Gasteiger partial charge on any atom is 0.448 e. The van der Waals surface area contributed by atoms with Gasteiger partial charge in [0.15, 0.2) is 5.84 Å². The number of hydrogen-bond donors (Lipinski definition) is 2. The third-order valence-electron chi connectivity index (χ3n) is 3.41. The van der Waals surface area contributed by atoms with E-state index < -0.39 is 24.1 Å². The number of hydrogen-bond acceptors (Lipinski definition) is 4. The van der Waals surface area contributed by atoms with Crippen LogP contribution in [0.3, 0.4) is 0 Å². The number of oxime groups is 1. The first kappa shape index (κ1) is 18.0. The molecule has 0 saturated heterocycles. The minimum atomic E-state index is -4.60. The van der Waals surface area contributed by atoms with Crippen molar-refractivity contribution in [3.63, 3.8) is 0 Å². The summed E-state index contributed by atoms with van der Waals surface area (Å²) in [6.07, 6.45) is -6.82. The highest BCUT2D eigenvalue weighted by Crippen LogP contribution is 2.25. The number of amides is 1. The van der Waals surface area contributed by atoms with Crippen molar-refractivity contribution in [2.45, 2.75) is 12.4 Å². The highest BCUT2D eigenvalue weighted by atomic mass is 35.5. The summed E-state index contributed by atoms with van der Waals surface area (Å²) in [6, 6.07) is 9.30. The van der Waals surface area contributed by atoms with Crippen molar-refractivity contribution in [1.82, 2.24) is 5.32 Å². The molecule has 3 rings (SSSR count). The lowest BCUT2D eigenvalue weighted by molar-refractivity contribution is -0.218. The van der Waals surface area contributed by atoms with E-state index in [4.69, 9.17) is 11.6 Å². The van der Waals surface area contributed by atoms with Gasteiger partial charge < -0.3 is 15.5 Å². The third kappa shape index (κ3) is 3.88. The van der Waals surface area contributed by atoms with Gasteiger partial charge in [0.25, 0.3) is 12.1 Å². The van der Waals surface area contributed by atoms with E-state index in [1.165, 1.54) is 36.4 Å². The first-order valence-corrected chi connectivity index (χ1v) is 7.56. The maximum absolute atomic E-state index is 13.7. The van der Waals surface area contributed by atoms with E-state index in [2.05, 4.69) is 20.6 Å². The number of nitrogens with one attached hydrogen (secondary N) is 2. The second kappa shape index (κ2) is 6.83. The van der Waals surface area contributed by atoms with E-state index in [1.54, 1.807) is 0 Å². The van der Waals surface area contributed by atoms with Crippen LogP contribution < -0.4 is 10.6 Å². The lowest BCUT2D eigenvalue weighted by atomic mass is 10.1. The van der Waals surface area contributed by atoms with Crippen LogP contribution in [0.1, 0.15) is 15.9 Å². The summed E-state index contributed by atoms with van der Waals surface area (Å²) in [6.45, 7) is 0. The van der Waals surface area contributed by atoms with Crippen LogP contribution in [0.2, 0.25) is 5.02 Å². The Bertz CT molecular complexity index is 869. The van der Waals surface area contributed by atoms with Crippen molar-refractivity contribution in [2.24, 2.45) is 5.16 Å². The molecule has 2 N–H and O–H groups in total. The predicted octanol–water partition coefficient (Wildman–Crippen LogP) is 3.90. The Kier molecular flexibility index (Phi) is 4.73. The number of carbonyl (C=O) groups is 1. The van der Waals surface area contributed by atoms with E-state index in [9.17, 15) is 22.4 Å². The van der Waals surface area contributed by atoms with Crippen molar-refractivity contribution in [3.8, 4) is 0 Å². The summed E-state index contributed by atoms with van der Waals surface area (Å²) in [5.41, 5.74) is 0.424. The van der Waals surface area contributed by atoms with E-state index >= 15 is 0 Å². The van der Waals surface area contributed by atoms with Crippen LogP contribution in [0.5, 0.6) is 0 Å². The van der Waals surface area contributed by atoms with Crippen LogP contribution in [-0.4, -0.2) is 24.1 Å². The van der Waals surface area contributed by atoms with Gasteiger partial charge in [0.05, 0.1) is 5.69 Å². The fourth-order valence-corrected chi connectivity index (χ4v) is 2.28. The van der Waals surface area contributed by atoms with Crippen molar-refractivity contribution in [2.75, 3.05) is 5.32 Å². The molecule has 1 unspecified atom stereocenters. The molecule has 0 aliphatic carbocycles. The Morgan fingerprint density at radius 2 is 1.88 bits per heavy atom. The molecule has 2 aromatic carbocycles. The van der Waals surface area contributed by atoms with Crippen LogP contribution in [-0.2, 0) is 4.84 Å². The Morgan fingerprint density at radius 3 is 2.46 bits per heavy atom. The summed E-state index contributed by atoms with van der Waals surface area (Å²) in [7, 11) is 0. The van der Waals surface area contributed by atoms with Gasteiger partial charge >= 0.3 is 6.18 Å². The van der Waals surface area contributed by atoms with Crippen LogP contribution in [0.25, 0.3) is 0 Å². The van der Waals surface area contributed by atoms with Gasteiger partial charge in [0.2, 0.25) is 0 Å². The largest absolute Gasteiger partial charge is 0.448 e. The molecule has 1 heterocycles. The van der Waals surface area contributed by atoms with Crippen LogP contribution in [0.15, 0.2) is 47.6 Å². The number of rotatable bonds is 3. The van der Waals surface area contributed by atoms with Gasteiger partial charge in [-0.1, -0.05) is 28.9 Å². The average Bonchev–Trinajstić information content (AvgIpc) is 3.08. The van der Waals surface area contributed by atoms with Crippen molar-refractivity contribution in [1.29, 1.82) is 0 Å². The van der Waals surface area contributed by atoms with E-state index in [0.717, 1.165) is 6.07 Å². The topological polar surface area (TPSA) is 62.7 Å². The Labute approximate surface area is 149 Å². The smallest absolute Gasteiger partial charge is 0.359 e. The van der Waals surface area contributed by atoms with E-state index in [1.807, 2.05) is 0 Å². The van der Waals surface area contributed by atoms with Gasteiger partial charge in [-0.15, -0.1) is 0 Å². The Hall–Kier alpha value is -2.81. The van der Waals surface area contributed by atoms with Crippen LogP contribution in [0, 0.1) is 5.82 Å². The molecule has 1 aliphatic heterocycles. The second-order valence-corrected chi connectivity index (χ2v) is 5.70. The maximum atomic E-state index is 13.7. The van der Waals surface area contributed by atoms with Crippen LogP contribution in [0.4, 0.5) is 23.2 Å². The van der Waals surface area contributed by atoms with Gasteiger partial charge in [0.1, 0.15) is 5.82 Å². The molecule has 1 aliphatic rings. The summed E-state index contributed by atoms with van der Waals surface area (Å²) in [5, 5.41) is 7.99. The molecule has 0 bridgehead atoms. The number of anilines is 1. The molecule has 136 valence electrons. The number of carbonyl (C=O) groups excluding carboxylic acids is 1. The minimum Gasteiger partial charge on any atom is -0.359 e. The zero-order chi connectivity index (χ0) is 18.9. The van der Waals surface area contributed by atoms with Gasteiger partial charge in [0, 0.05) is 16.1 Å². The number of benzene rings is 2. The molecule has 0 fully saturated rings. The lowest BCUT2D eigenvalue weighted by Gasteiger charge is -2.13. The zero-order valence-corrected chi connectivity index (χ0v) is 13.5. The fourth-order valence-electron chi connectivity index (χ4n) is 2.12. The highest BCUT2D eigenvalue weighted by Gasteiger charge is 2.45. The molecule has 0 spiro atoms. The van der Waals surface area contributed by atoms with Gasteiger partial charge in [-0.05, 0) is 30.3 Å². The third-order valence-corrected chi connectivity index (χ3v) is 3.65. The van der Waals surface area contributed by atoms with Gasteiger partial charge in [-0.25, -0.2) is 4.39 Å². The molecule has 0 saturated carbocycles. The normalized spacial score (nSPS) is 16.5. The predicted molar refractivity (Wildman–Crippen MR) is 86.4 cm³/mol. The number of amidine groups is 1.